The molecule has 0 amide bonds. The van der Waals surface area contributed by atoms with Crippen LogP contribution in [0.15, 0.2) is 12.1 Å². The molecule has 1 unspecified atom stereocenters. The van der Waals surface area contributed by atoms with E-state index in [9.17, 15) is 0 Å². The van der Waals surface area contributed by atoms with E-state index in [1.807, 2.05) is 6.07 Å². The Morgan fingerprint density at radius 2 is 2.19 bits per heavy atom. The summed E-state index contributed by atoms with van der Waals surface area (Å²) in [6.07, 6.45) is 6.37. The number of hydrogen-bond acceptors (Lipinski definition) is 4. The van der Waals surface area contributed by atoms with Crippen molar-refractivity contribution in [1.82, 2.24) is 15.2 Å². The van der Waals surface area contributed by atoms with Crippen molar-refractivity contribution in [3.63, 3.8) is 0 Å². The van der Waals surface area contributed by atoms with Crippen molar-refractivity contribution >= 4 is 0 Å². The number of rotatable bonds is 7. The van der Waals surface area contributed by atoms with Crippen molar-refractivity contribution in [2.75, 3.05) is 20.2 Å². The number of aryl methyl sites for hydroxylation is 1. The first kappa shape index (κ1) is 14.8. The van der Waals surface area contributed by atoms with Gasteiger partial charge in [0.2, 0.25) is 5.88 Å². The first-order chi connectivity index (χ1) is 10.2. The van der Waals surface area contributed by atoms with Gasteiger partial charge in [-0.05, 0) is 58.2 Å². The summed E-state index contributed by atoms with van der Waals surface area (Å²) in [4.78, 5) is 7.02. The molecule has 2 heterocycles. The van der Waals surface area contributed by atoms with Gasteiger partial charge in [0.1, 0.15) is 0 Å². The van der Waals surface area contributed by atoms with Crippen LogP contribution < -0.4 is 10.1 Å². The van der Waals surface area contributed by atoms with Gasteiger partial charge in [0, 0.05) is 30.4 Å². The number of pyridine rings is 1. The number of aromatic nitrogens is 1. The lowest BCUT2D eigenvalue weighted by Gasteiger charge is -2.19. The molecule has 0 spiro atoms. The van der Waals surface area contributed by atoms with Crippen LogP contribution in [0, 0.1) is 6.92 Å². The van der Waals surface area contributed by atoms with Crippen LogP contribution in [0.4, 0.5) is 0 Å². The molecule has 1 aliphatic heterocycles. The van der Waals surface area contributed by atoms with Crippen LogP contribution >= 0.6 is 0 Å². The van der Waals surface area contributed by atoms with E-state index in [4.69, 9.17) is 4.74 Å². The SMILES string of the molecule is Cc1nc(OCCC2CCCN2C)ccc1CNC1CC1. The van der Waals surface area contributed by atoms with Gasteiger partial charge in [-0.3, -0.25) is 0 Å². The number of hydrogen-bond donors (Lipinski definition) is 1. The third-order valence-electron chi connectivity index (χ3n) is 4.70. The summed E-state index contributed by atoms with van der Waals surface area (Å²) < 4.78 is 5.83. The van der Waals surface area contributed by atoms with Crippen molar-refractivity contribution in [3.05, 3.63) is 23.4 Å². The third kappa shape index (κ3) is 4.17. The van der Waals surface area contributed by atoms with Crippen molar-refractivity contribution < 1.29 is 4.74 Å². The lowest BCUT2D eigenvalue weighted by atomic mass is 10.1. The van der Waals surface area contributed by atoms with Gasteiger partial charge in [-0.2, -0.15) is 0 Å². The monoisotopic (exact) mass is 289 g/mol. The van der Waals surface area contributed by atoms with Crippen molar-refractivity contribution in [2.24, 2.45) is 0 Å². The van der Waals surface area contributed by atoms with E-state index in [0.29, 0.717) is 6.04 Å². The topological polar surface area (TPSA) is 37.4 Å². The van der Waals surface area contributed by atoms with Crippen LogP contribution in [-0.2, 0) is 6.54 Å². The standard InChI is InChI=1S/C17H27N3O/c1-13-14(12-18-15-6-7-15)5-8-17(19-13)21-11-9-16-4-3-10-20(16)2/h5,8,15-16,18H,3-4,6-7,9-12H2,1-2H3. The molecule has 0 aromatic carbocycles. The summed E-state index contributed by atoms with van der Waals surface area (Å²) in [5.41, 5.74) is 2.36. The summed E-state index contributed by atoms with van der Waals surface area (Å²) in [6.45, 7) is 4.99. The molecule has 1 aromatic rings. The fourth-order valence-corrected chi connectivity index (χ4v) is 3.02. The van der Waals surface area contributed by atoms with E-state index in [-0.39, 0.29) is 0 Å². The second-order valence-corrected chi connectivity index (χ2v) is 6.46. The van der Waals surface area contributed by atoms with Crippen LogP contribution in [0.25, 0.3) is 0 Å². The molecule has 1 aliphatic carbocycles. The Hall–Kier alpha value is -1.13. The van der Waals surface area contributed by atoms with Gasteiger partial charge < -0.3 is 15.0 Å². The maximum absolute atomic E-state index is 5.83. The lowest BCUT2D eigenvalue weighted by molar-refractivity contribution is 0.228. The van der Waals surface area contributed by atoms with Crippen LogP contribution in [-0.4, -0.2) is 42.2 Å². The zero-order valence-electron chi connectivity index (χ0n) is 13.3. The molecule has 4 heteroatoms. The van der Waals surface area contributed by atoms with Gasteiger partial charge in [0.05, 0.1) is 6.61 Å². The first-order valence-electron chi connectivity index (χ1n) is 8.25. The maximum atomic E-state index is 5.83. The molecule has 1 atom stereocenters. The molecule has 116 valence electrons. The second kappa shape index (κ2) is 6.75. The van der Waals surface area contributed by atoms with Gasteiger partial charge in [-0.15, -0.1) is 0 Å². The lowest BCUT2D eigenvalue weighted by Crippen LogP contribution is -2.26. The molecule has 0 radical (unpaired) electrons. The highest BCUT2D eigenvalue weighted by molar-refractivity contribution is 5.25. The third-order valence-corrected chi connectivity index (χ3v) is 4.70. The smallest absolute Gasteiger partial charge is 0.213 e. The fraction of sp³-hybridized carbons (Fsp3) is 0.706. The molecule has 4 nitrogen and oxygen atoms in total. The second-order valence-electron chi connectivity index (χ2n) is 6.46. The summed E-state index contributed by atoms with van der Waals surface area (Å²) in [5.74, 6) is 0.767. The van der Waals surface area contributed by atoms with Gasteiger partial charge in [-0.1, -0.05) is 6.07 Å². The minimum Gasteiger partial charge on any atom is -0.478 e. The van der Waals surface area contributed by atoms with Crippen molar-refractivity contribution in [1.29, 1.82) is 0 Å². The van der Waals surface area contributed by atoms with Gasteiger partial charge in [0.25, 0.3) is 0 Å². The van der Waals surface area contributed by atoms with Gasteiger partial charge in [0.15, 0.2) is 0 Å². The molecule has 2 fully saturated rings. The number of nitrogens with one attached hydrogen (secondary N) is 1. The average Bonchev–Trinajstić information content (AvgIpc) is 3.21. The van der Waals surface area contributed by atoms with Crippen LogP contribution in [0.1, 0.15) is 43.4 Å². The van der Waals surface area contributed by atoms with Crippen LogP contribution in [0.3, 0.4) is 0 Å². The zero-order chi connectivity index (χ0) is 14.7. The highest BCUT2D eigenvalue weighted by Crippen LogP contribution is 2.21. The highest BCUT2D eigenvalue weighted by atomic mass is 16.5. The van der Waals surface area contributed by atoms with Gasteiger partial charge in [-0.25, -0.2) is 4.98 Å². The molecule has 1 N–H and O–H groups in total. The summed E-state index contributed by atoms with van der Waals surface area (Å²) >= 11 is 0. The largest absolute Gasteiger partial charge is 0.478 e. The quantitative estimate of drug-likeness (QED) is 0.837. The first-order valence-corrected chi connectivity index (χ1v) is 8.25. The molecule has 1 aromatic heterocycles. The Morgan fingerprint density at radius 3 is 2.86 bits per heavy atom. The average molecular weight is 289 g/mol. The Bertz CT molecular complexity index is 473. The number of likely N-dealkylation sites (tertiary alicyclic amines) is 1. The summed E-state index contributed by atoms with van der Waals surface area (Å²) in [6, 6.07) is 5.58. The summed E-state index contributed by atoms with van der Waals surface area (Å²) in [5, 5.41) is 3.53. The molecule has 21 heavy (non-hydrogen) atoms. The zero-order valence-corrected chi connectivity index (χ0v) is 13.3. The molecule has 2 aliphatic rings. The normalized spacial score (nSPS) is 22.7. The molecule has 1 saturated carbocycles. The summed E-state index contributed by atoms with van der Waals surface area (Å²) in [7, 11) is 2.21. The molecule has 3 rings (SSSR count). The number of ether oxygens (including phenoxy) is 1. The Balaban J connectivity index is 1.45. The predicted molar refractivity (Wildman–Crippen MR) is 84.6 cm³/mol. The molecule has 1 saturated heterocycles. The minimum absolute atomic E-state index is 0.688. The van der Waals surface area contributed by atoms with Crippen LogP contribution in [0.2, 0.25) is 0 Å². The highest BCUT2D eigenvalue weighted by Gasteiger charge is 2.21. The van der Waals surface area contributed by atoms with E-state index in [1.165, 1.54) is 37.8 Å². The number of nitrogens with zero attached hydrogens (tertiary/aromatic N) is 2. The molecular weight excluding hydrogens is 262 g/mol. The van der Waals surface area contributed by atoms with E-state index in [1.54, 1.807) is 0 Å². The van der Waals surface area contributed by atoms with Crippen molar-refractivity contribution in [2.45, 2.75) is 57.7 Å². The van der Waals surface area contributed by atoms with E-state index < -0.39 is 0 Å². The van der Waals surface area contributed by atoms with E-state index in [0.717, 1.165) is 37.2 Å². The Morgan fingerprint density at radius 1 is 1.33 bits per heavy atom. The Kier molecular flexibility index (Phi) is 4.76. The molecular formula is C17H27N3O. The minimum atomic E-state index is 0.688. The maximum Gasteiger partial charge on any atom is 0.213 e. The van der Waals surface area contributed by atoms with Gasteiger partial charge >= 0.3 is 0 Å². The van der Waals surface area contributed by atoms with Crippen LogP contribution in [0.5, 0.6) is 5.88 Å². The predicted octanol–water partition coefficient (Wildman–Crippen LogP) is 2.51. The Labute approximate surface area is 127 Å². The van der Waals surface area contributed by atoms with E-state index >= 15 is 0 Å². The van der Waals surface area contributed by atoms with E-state index in [2.05, 4.69) is 35.2 Å². The fourth-order valence-electron chi connectivity index (χ4n) is 3.02. The van der Waals surface area contributed by atoms with Crippen molar-refractivity contribution in [3.8, 4) is 5.88 Å². The molecule has 0 bridgehead atoms.